The molecule has 1 N–H and O–H groups in total. The van der Waals surface area contributed by atoms with Gasteiger partial charge in [0.2, 0.25) is 0 Å². The largest absolute Gasteiger partial charge is 0.480 e. The zero-order chi connectivity index (χ0) is 17.2. The summed E-state index contributed by atoms with van der Waals surface area (Å²) in [5.74, 6) is -2.22. The van der Waals surface area contributed by atoms with E-state index in [9.17, 15) is 17.6 Å². The van der Waals surface area contributed by atoms with Gasteiger partial charge in [0, 0.05) is 4.47 Å². The second-order valence-electron chi connectivity index (χ2n) is 4.81. The smallest absolute Gasteiger partial charge is 0.324 e. The van der Waals surface area contributed by atoms with Crippen LogP contribution in [0, 0.1) is 12.7 Å². The second kappa shape index (κ2) is 6.67. The van der Waals surface area contributed by atoms with Crippen molar-refractivity contribution >= 4 is 37.6 Å². The number of aryl methyl sites for hydroxylation is 1. The van der Waals surface area contributed by atoms with Gasteiger partial charge in [0.25, 0.3) is 10.0 Å². The van der Waals surface area contributed by atoms with Crippen molar-refractivity contribution in [2.75, 3.05) is 10.8 Å². The van der Waals surface area contributed by atoms with Crippen molar-refractivity contribution in [3.63, 3.8) is 0 Å². The fraction of sp³-hybridized carbons (Fsp3) is 0.133. The Kier molecular flexibility index (Phi) is 5.06. The van der Waals surface area contributed by atoms with E-state index in [2.05, 4.69) is 15.9 Å². The first kappa shape index (κ1) is 17.4. The second-order valence-corrected chi connectivity index (χ2v) is 7.59. The van der Waals surface area contributed by atoms with Crippen LogP contribution in [0.2, 0.25) is 0 Å². The summed E-state index contributed by atoms with van der Waals surface area (Å²) in [7, 11) is -4.20. The van der Waals surface area contributed by atoms with Crippen molar-refractivity contribution in [3.8, 4) is 0 Å². The number of carbonyl (C=O) groups is 1. The summed E-state index contributed by atoms with van der Waals surface area (Å²) in [4.78, 5) is 11.0. The Morgan fingerprint density at radius 1 is 1.22 bits per heavy atom. The maximum absolute atomic E-state index is 14.1. The molecule has 2 aromatic carbocycles. The van der Waals surface area contributed by atoms with Crippen LogP contribution in [0.25, 0.3) is 0 Å². The number of carboxylic acid groups (broad SMARTS) is 1. The zero-order valence-corrected chi connectivity index (χ0v) is 14.4. The molecule has 0 fully saturated rings. The van der Waals surface area contributed by atoms with E-state index in [1.54, 1.807) is 19.1 Å². The number of halogens is 2. The van der Waals surface area contributed by atoms with Crippen molar-refractivity contribution in [2.24, 2.45) is 0 Å². The van der Waals surface area contributed by atoms with Crippen LogP contribution >= 0.6 is 15.9 Å². The van der Waals surface area contributed by atoms with Gasteiger partial charge in [-0.25, -0.2) is 12.8 Å². The fourth-order valence-electron chi connectivity index (χ4n) is 1.94. The Bertz CT molecular complexity index is 837. The average molecular weight is 402 g/mol. The predicted octanol–water partition coefficient (Wildman–Crippen LogP) is 3.18. The lowest BCUT2D eigenvalue weighted by molar-refractivity contribution is -0.135. The van der Waals surface area contributed by atoms with E-state index in [4.69, 9.17) is 5.11 Å². The number of carboxylic acids is 1. The van der Waals surface area contributed by atoms with Crippen LogP contribution in [-0.2, 0) is 14.8 Å². The normalized spacial score (nSPS) is 11.3. The first-order chi connectivity index (χ1) is 10.7. The van der Waals surface area contributed by atoms with Crippen molar-refractivity contribution in [1.82, 2.24) is 0 Å². The van der Waals surface area contributed by atoms with E-state index in [0.717, 1.165) is 11.6 Å². The number of sulfonamides is 1. The van der Waals surface area contributed by atoms with Crippen LogP contribution < -0.4 is 4.31 Å². The third kappa shape index (κ3) is 3.89. The molecule has 5 nitrogen and oxygen atoms in total. The van der Waals surface area contributed by atoms with Crippen LogP contribution in [0.15, 0.2) is 51.8 Å². The first-order valence-electron chi connectivity index (χ1n) is 6.48. The van der Waals surface area contributed by atoms with Gasteiger partial charge in [0.05, 0.1) is 10.6 Å². The molecule has 0 spiro atoms. The number of nitrogens with zero attached hydrogens (tertiary/aromatic N) is 1. The molecular weight excluding hydrogens is 389 g/mol. The summed E-state index contributed by atoms with van der Waals surface area (Å²) in [5.41, 5.74) is 0.528. The highest BCUT2D eigenvalue weighted by Crippen LogP contribution is 2.28. The molecule has 2 aromatic rings. The van der Waals surface area contributed by atoms with Gasteiger partial charge in [0.1, 0.15) is 12.4 Å². The number of benzene rings is 2. The van der Waals surface area contributed by atoms with E-state index < -0.39 is 28.4 Å². The van der Waals surface area contributed by atoms with E-state index in [1.165, 1.54) is 24.3 Å². The first-order valence-corrected chi connectivity index (χ1v) is 8.71. The summed E-state index contributed by atoms with van der Waals surface area (Å²) in [6, 6.07) is 9.63. The maximum Gasteiger partial charge on any atom is 0.324 e. The van der Waals surface area contributed by atoms with E-state index >= 15 is 0 Å². The summed E-state index contributed by atoms with van der Waals surface area (Å²) < 4.78 is 40.5. The van der Waals surface area contributed by atoms with Gasteiger partial charge in [-0.1, -0.05) is 33.6 Å². The summed E-state index contributed by atoms with van der Waals surface area (Å²) in [6.45, 7) is 0.911. The molecule has 8 heteroatoms. The van der Waals surface area contributed by atoms with Gasteiger partial charge in [-0.3, -0.25) is 9.10 Å². The molecule has 0 bridgehead atoms. The molecule has 0 aromatic heterocycles. The molecule has 0 atom stereocenters. The maximum atomic E-state index is 14.1. The highest BCUT2D eigenvalue weighted by molar-refractivity contribution is 9.10. The fourth-order valence-corrected chi connectivity index (χ4v) is 3.70. The third-order valence-electron chi connectivity index (χ3n) is 3.07. The van der Waals surface area contributed by atoms with E-state index in [-0.39, 0.29) is 10.6 Å². The summed E-state index contributed by atoms with van der Waals surface area (Å²) in [6.07, 6.45) is 0. The molecule has 0 saturated carbocycles. The number of hydrogen-bond acceptors (Lipinski definition) is 3. The number of anilines is 1. The lowest BCUT2D eigenvalue weighted by atomic mass is 10.2. The predicted molar refractivity (Wildman–Crippen MR) is 87.4 cm³/mol. The van der Waals surface area contributed by atoms with Gasteiger partial charge < -0.3 is 5.11 Å². The van der Waals surface area contributed by atoms with Crippen LogP contribution in [-0.4, -0.2) is 26.0 Å². The van der Waals surface area contributed by atoms with E-state index in [1.807, 2.05) is 0 Å². The molecule has 2 rings (SSSR count). The van der Waals surface area contributed by atoms with Crippen LogP contribution in [0.3, 0.4) is 0 Å². The molecule has 0 heterocycles. The minimum absolute atomic E-state index is 0.105. The van der Waals surface area contributed by atoms with Crippen molar-refractivity contribution in [3.05, 3.63) is 58.3 Å². The van der Waals surface area contributed by atoms with Gasteiger partial charge in [-0.05, 0) is 37.3 Å². The highest BCUT2D eigenvalue weighted by atomic mass is 79.9. The molecule has 0 amide bonds. The zero-order valence-electron chi connectivity index (χ0n) is 12.0. The lowest BCUT2D eigenvalue weighted by Crippen LogP contribution is -2.36. The molecule has 23 heavy (non-hydrogen) atoms. The monoisotopic (exact) mass is 401 g/mol. The Balaban J connectivity index is 2.57. The van der Waals surface area contributed by atoms with Gasteiger partial charge >= 0.3 is 5.97 Å². The van der Waals surface area contributed by atoms with Crippen molar-refractivity contribution in [2.45, 2.75) is 11.8 Å². The molecule has 0 aliphatic rings. The summed E-state index contributed by atoms with van der Waals surface area (Å²) in [5, 5.41) is 9.01. The average Bonchev–Trinajstić information content (AvgIpc) is 2.45. The number of rotatable bonds is 5. The Morgan fingerprint density at radius 2 is 1.83 bits per heavy atom. The third-order valence-corrected chi connectivity index (χ3v) is 5.33. The highest BCUT2D eigenvalue weighted by Gasteiger charge is 2.29. The molecular formula is C15H13BrFNO4S. The lowest BCUT2D eigenvalue weighted by Gasteiger charge is -2.23. The Morgan fingerprint density at radius 3 is 2.35 bits per heavy atom. The molecule has 122 valence electrons. The van der Waals surface area contributed by atoms with Crippen LogP contribution in [0.5, 0.6) is 0 Å². The van der Waals surface area contributed by atoms with E-state index in [0.29, 0.717) is 8.78 Å². The Labute approximate surface area is 141 Å². The molecule has 0 aliphatic heterocycles. The molecule has 0 aliphatic carbocycles. The van der Waals surface area contributed by atoms with Gasteiger partial charge in [0.15, 0.2) is 0 Å². The van der Waals surface area contributed by atoms with Crippen molar-refractivity contribution < 1.29 is 22.7 Å². The van der Waals surface area contributed by atoms with Gasteiger partial charge in [-0.15, -0.1) is 0 Å². The van der Waals surface area contributed by atoms with Gasteiger partial charge in [-0.2, -0.15) is 0 Å². The minimum Gasteiger partial charge on any atom is -0.480 e. The number of aliphatic carboxylic acids is 1. The van der Waals surface area contributed by atoms with Crippen LogP contribution in [0.1, 0.15) is 5.56 Å². The Hall–Kier alpha value is -1.93. The van der Waals surface area contributed by atoms with Crippen molar-refractivity contribution in [1.29, 1.82) is 0 Å². The topological polar surface area (TPSA) is 74.7 Å². The standard InChI is InChI=1S/C15H13BrFNO4S/c1-10-2-5-12(6-3-10)23(21,22)18(9-15(19)20)14-7-4-11(16)8-13(14)17/h2-8H,9H2,1H3,(H,19,20). The molecule has 0 unspecified atom stereocenters. The quantitative estimate of drug-likeness (QED) is 0.834. The molecule has 0 radical (unpaired) electrons. The number of hydrogen-bond donors (Lipinski definition) is 1. The SMILES string of the molecule is Cc1ccc(S(=O)(=O)N(CC(=O)O)c2ccc(Br)cc2F)cc1. The molecule has 0 saturated heterocycles. The summed E-state index contributed by atoms with van der Waals surface area (Å²) >= 11 is 3.08. The minimum atomic E-state index is -4.20. The van der Waals surface area contributed by atoms with Crippen LogP contribution in [0.4, 0.5) is 10.1 Å².